The van der Waals surface area contributed by atoms with Gasteiger partial charge in [0.15, 0.2) is 0 Å². The van der Waals surface area contributed by atoms with E-state index in [1.807, 2.05) is 0 Å². The predicted molar refractivity (Wildman–Crippen MR) is 97.0 cm³/mol. The maximum Gasteiger partial charge on any atom is 0.329 e. The summed E-state index contributed by atoms with van der Waals surface area (Å²) in [5.74, 6) is -0.905. The van der Waals surface area contributed by atoms with Crippen molar-refractivity contribution in [3.8, 4) is 11.5 Å². The fraction of sp³-hybridized carbons (Fsp3) is 0.118. The Balaban J connectivity index is 1.95. The van der Waals surface area contributed by atoms with Gasteiger partial charge in [-0.15, -0.1) is 0 Å². The number of rotatable bonds is 6. The number of hydrogen-bond donors (Lipinski definition) is 2. The molecule has 0 heterocycles. The minimum absolute atomic E-state index is 0.129. The summed E-state index contributed by atoms with van der Waals surface area (Å²) in [7, 11) is 2.99. The van der Waals surface area contributed by atoms with Crippen LogP contribution in [0.15, 0.2) is 47.6 Å². The summed E-state index contributed by atoms with van der Waals surface area (Å²) in [5, 5.41) is 16.6. The summed E-state index contributed by atoms with van der Waals surface area (Å²) in [6.07, 6.45) is 1.31. The van der Waals surface area contributed by atoms with Gasteiger partial charge in [-0.1, -0.05) is 0 Å². The van der Waals surface area contributed by atoms with Crippen molar-refractivity contribution in [2.75, 3.05) is 19.5 Å². The zero-order valence-electron chi connectivity index (χ0n) is 14.5. The Morgan fingerprint density at radius 1 is 1.07 bits per heavy atom. The standard InChI is InChI=1S/C17H16N4O6/c1-26-14-8-3-11(15(9-14)27-2)10-18-20-17(23)16(22)19-12-4-6-13(7-5-12)21(24)25/h3-10H,1-2H3,(H,19,22)(H,20,23)/b18-10-. The molecule has 0 radical (unpaired) electrons. The number of benzene rings is 2. The van der Waals surface area contributed by atoms with Gasteiger partial charge in [0.05, 0.1) is 25.4 Å². The van der Waals surface area contributed by atoms with E-state index in [0.717, 1.165) is 0 Å². The molecule has 27 heavy (non-hydrogen) atoms. The third-order valence-electron chi connectivity index (χ3n) is 3.35. The zero-order chi connectivity index (χ0) is 19.8. The summed E-state index contributed by atoms with van der Waals surface area (Å²) in [6.45, 7) is 0. The second-order valence-electron chi connectivity index (χ2n) is 5.07. The molecule has 2 N–H and O–H groups in total. The van der Waals surface area contributed by atoms with Crippen molar-refractivity contribution in [1.82, 2.24) is 5.43 Å². The molecular formula is C17H16N4O6. The van der Waals surface area contributed by atoms with Gasteiger partial charge in [-0.2, -0.15) is 5.10 Å². The van der Waals surface area contributed by atoms with Crippen LogP contribution in [0.4, 0.5) is 11.4 Å². The number of hydrogen-bond acceptors (Lipinski definition) is 7. The van der Waals surface area contributed by atoms with E-state index in [9.17, 15) is 19.7 Å². The third kappa shape index (κ3) is 5.26. The molecule has 0 aliphatic heterocycles. The fourth-order valence-corrected chi connectivity index (χ4v) is 1.99. The van der Waals surface area contributed by atoms with E-state index in [-0.39, 0.29) is 11.4 Å². The number of carbonyl (C=O) groups excluding carboxylic acids is 2. The van der Waals surface area contributed by atoms with Crippen LogP contribution in [0.3, 0.4) is 0 Å². The Hall–Kier alpha value is -3.95. The molecule has 140 valence electrons. The molecule has 0 aliphatic carbocycles. The van der Waals surface area contributed by atoms with Crippen LogP contribution in [0.2, 0.25) is 0 Å². The number of carbonyl (C=O) groups is 2. The normalized spacial score (nSPS) is 10.3. The first-order valence-electron chi connectivity index (χ1n) is 7.55. The smallest absolute Gasteiger partial charge is 0.329 e. The summed E-state index contributed by atoms with van der Waals surface area (Å²) in [4.78, 5) is 33.6. The van der Waals surface area contributed by atoms with Gasteiger partial charge in [0, 0.05) is 29.4 Å². The minimum atomic E-state index is -1.00. The minimum Gasteiger partial charge on any atom is -0.497 e. The molecule has 0 aliphatic rings. The van der Waals surface area contributed by atoms with Crippen LogP contribution >= 0.6 is 0 Å². The van der Waals surface area contributed by atoms with Crippen LogP contribution in [0.1, 0.15) is 5.56 Å². The molecule has 0 bridgehead atoms. The molecule has 0 atom stereocenters. The zero-order valence-corrected chi connectivity index (χ0v) is 14.5. The highest BCUT2D eigenvalue weighted by atomic mass is 16.6. The average molecular weight is 372 g/mol. The lowest BCUT2D eigenvalue weighted by atomic mass is 10.2. The number of nitrogens with zero attached hydrogens (tertiary/aromatic N) is 2. The third-order valence-corrected chi connectivity index (χ3v) is 3.35. The Morgan fingerprint density at radius 2 is 1.78 bits per heavy atom. The molecule has 2 rings (SSSR count). The van der Waals surface area contributed by atoms with Crippen molar-refractivity contribution in [3.63, 3.8) is 0 Å². The van der Waals surface area contributed by atoms with Crippen molar-refractivity contribution in [2.24, 2.45) is 5.10 Å². The Bertz CT molecular complexity index is 879. The van der Waals surface area contributed by atoms with Crippen molar-refractivity contribution in [2.45, 2.75) is 0 Å². The molecule has 2 aromatic carbocycles. The number of nitro benzene ring substituents is 1. The Morgan fingerprint density at radius 3 is 2.37 bits per heavy atom. The van der Waals surface area contributed by atoms with Crippen LogP contribution in [-0.2, 0) is 9.59 Å². The van der Waals surface area contributed by atoms with Crippen molar-refractivity contribution in [1.29, 1.82) is 0 Å². The predicted octanol–water partition coefficient (Wildman–Crippen LogP) is 1.70. The summed E-state index contributed by atoms with van der Waals surface area (Å²) >= 11 is 0. The van der Waals surface area contributed by atoms with Crippen molar-refractivity contribution >= 4 is 29.4 Å². The SMILES string of the molecule is COc1ccc(/C=N\NC(=O)C(=O)Nc2ccc([N+](=O)[O-])cc2)c(OC)c1. The van der Waals surface area contributed by atoms with Gasteiger partial charge in [0.2, 0.25) is 0 Å². The molecule has 0 spiro atoms. The van der Waals surface area contributed by atoms with Crippen molar-refractivity contribution < 1.29 is 24.0 Å². The van der Waals surface area contributed by atoms with E-state index in [0.29, 0.717) is 17.1 Å². The van der Waals surface area contributed by atoms with E-state index < -0.39 is 16.7 Å². The van der Waals surface area contributed by atoms with E-state index in [1.54, 1.807) is 18.2 Å². The molecule has 10 nitrogen and oxygen atoms in total. The molecule has 0 saturated carbocycles. The number of hydrazone groups is 1. The number of anilines is 1. The van der Waals surface area contributed by atoms with E-state index in [1.165, 1.54) is 44.7 Å². The van der Waals surface area contributed by atoms with Gasteiger partial charge in [-0.05, 0) is 24.3 Å². The van der Waals surface area contributed by atoms with Gasteiger partial charge >= 0.3 is 11.8 Å². The lowest BCUT2D eigenvalue weighted by Crippen LogP contribution is -2.32. The molecule has 0 aromatic heterocycles. The molecule has 0 unspecified atom stereocenters. The van der Waals surface area contributed by atoms with Gasteiger partial charge in [-0.3, -0.25) is 19.7 Å². The second-order valence-corrected chi connectivity index (χ2v) is 5.07. The average Bonchev–Trinajstić information content (AvgIpc) is 2.68. The summed E-state index contributed by atoms with van der Waals surface area (Å²) < 4.78 is 10.3. The number of non-ortho nitro benzene ring substituents is 1. The largest absolute Gasteiger partial charge is 0.497 e. The molecule has 0 fully saturated rings. The van der Waals surface area contributed by atoms with Crippen LogP contribution in [0.25, 0.3) is 0 Å². The number of ether oxygens (including phenoxy) is 2. The van der Waals surface area contributed by atoms with Crippen LogP contribution in [0.5, 0.6) is 11.5 Å². The van der Waals surface area contributed by atoms with Crippen molar-refractivity contribution in [3.05, 3.63) is 58.1 Å². The number of methoxy groups -OCH3 is 2. The van der Waals surface area contributed by atoms with Crippen LogP contribution in [0, 0.1) is 10.1 Å². The lowest BCUT2D eigenvalue weighted by molar-refractivity contribution is -0.384. The van der Waals surface area contributed by atoms with Crippen LogP contribution in [-0.4, -0.2) is 37.2 Å². The maximum absolute atomic E-state index is 11.8. The number of amides is 2. The van der Waals surface area contributed by atoms with Gasteiger partial charge in [-0.25, -0.2) is 5.43 Å². The number of nitro groups is 1. The first-order chi connectivity index (χ1) is 12.9. The highest BCUT2D eigenvalue weighted by Crippen LogP contribution is 2.23. The monoisotopic (exact) mass is 372 g/mol. The summed E-state index contributed by atoms with van der Waals surface area (Å²) in [6, 6.07) is 10.1. The highest BCUT2D eigenvalue weighted by molar-refractivity contribution is 6.39. The lowest BCUT2D eigenvalue weighted by Gasteiger charge is -2.07. The van der Waals surface area contributed by atoms with Gasteiger partial charge < -0.3 is 14.8 Å². The fourth-order valence-electron chi connectivity index (χ4n) is 1.99. The van der Waals surface area contributed by atoms with E-state index >= 15 is 0 Å². The Kier molecular flexibility index (Phi) is 6.42. The van der Waals surface area contributed by atoms with Crippen LogP contribution < -0.4 is 20.2 Å². The molecule has 10 heteroatoms. The summed E-state index contributed by atoms with van der Waals surface area (Å²) in [5.41, 5.74) is 2.76. The molecule has 2 amide bonds. The van der Waals surface area contributed by atoms with E-state index in [2.05, 4.69) is 15.8 Å². The van der Waals surface area contributed by atoms with Gasteiger partial charge in [0.1, 0.15) is 11.5 Å². The van der Waals surface area contributed by atoms with E-state index in [4.69, 9.17) is 9.47 Å². The second kappa shape index (κ2) is 8.94. The Labute approximate surface area is 153 Å². The molecular weight excluding hydrogens is 356 g/mol. The van der Waals surface area contributed by atoms with Gasteiger partial charge in [0.25, 0.3) is 5.69 Å². The highest BCUT2D eigenvalue weighted by Gasteiger charge is 2.14. The molecule has 0 saturated heterocycles. The topological polar surface area (TPSA) is 132 Å². The quantitative estimate of drug-likeness (QED) is 0.343. The maximum atomic E-state index is 11.8. The number of nitrogens with one attached hydrogen (secondary N) is 2. The molecule has 2 aromatic rings. The first kappa shape index (κ1) is 19.4. The first-order valence-corrected chi connectivity index (χ1v) is 7.55.